The predicted molar refractivity (Wildman–Crippen MR) is 67.6 cm³/mol. The van der Waals surface area contributed by atoms with Crippen molar-refractivity contribution in [1.82, 2.24) is 0 Å². The number of hydrogen-bond donors (Lipinski definition) is 1. The van der Waals surface area contributed by atoms with Crippen molar-refractivity contribution in [3.8, 4) is 0 Å². The maximum Gasteiger partial charge on any atom is 0.0574 e. The molecule has 0 saturated heterocycles. The highest BCUT2D eigenvalue weighted by Crippen LogP contribution is 2.50. The third-order valence-electron chi connectivity index (χ3n) is 4.55. The summed E-state index contributed by atoms with van der Waals surface area (Å²) in [5, 5.41) is 12.4. The van der Waals surface area contributed by atoms with Crippen LogP contribution in [0.15, 0.2) is 17.5 Å². The molecule has 4 unspecified atom stereocenters. The van der Waals surface area contributed by atoms with E-state index in [1.807, 2.05) is 11.3 Å². The monoisotopic (exact) mass is 236 g/mol. The van der Waals surface area contributed by atoms with Crippen molar-refractivity contribution < 1.29 is 5.11 Å². The van der Waals surface area contributed by atoms with Crippen LogP contribution in [0.1, 0.15) is 37.0 Å². The zero-order valence-corrected chi connectivity index (χ0v) is 10.5. The van der Waals surface area contributed by atoms with E-state index in [1.54, 1.807) is 0 Å². The quantitative estimate of drug-likeness (QED) is 0.848. The first kappa shape index (κ1) is 10.8. The van der Waals surface area contributed by atoms with E-state index >= 15 is 0 Å². The number of rotatable bonds is 4. The standard InChI is InChI=1S/C14H20OS/c15-14(6-5-12-2-1-7-16-12)13-9-10-3-4-11(13)8-10/h1-2,7,10-11,13-15H,3-6,8-9H2. The van der Waals surface area contributed by atoms with E-state index in [-0.39, 0.29) is 6.10 Å². The summed E-state index contributed by atoms with van der Waals surface area (Å²) in [6.45, 7) is 0. The topological polar surface area (TPSA) is 20.2 Å². The average molecular weight is 236 g/mol. The fourth-order valence-electron chi connectivity index (χ4n) is 3.72. The molecule has 1 heterocycles. The fourth-order valence-corrected chi connectivity index (χ4v) is 4.45. The molecule has 1 nitrogen and oxygen atoms in total. The summed E-state index contributed by atoms with van der Waals surface area (Å²) < 4.78 is 0. The van der Waals surface area contributed by atoms with Gasteiger partial charge in [-0.2, -0.15) is 0 Å². The van der Waals surface area contributed by atoms with Crippen molar-refractivity contribution in [2.24, 2.45) is 17.8 Å². The second-order valence-electron chi connectivity index (χ2n) is 5.52. The van der Waals surface area contributed by atoms with Crippen LogP contribution in [0, 0.1) is 17.8 Å². The van der Waals surface area contributed by atoms with Gasteiger partial charge < -0.3 is 5.11 Å². The molecule has 0 spiro atoms. The zero-order chi connectivity index (χ0) is 11.0. The van der Waals surface area contributed by atoms with Crippen molar-refractivity contribution in [2.75, 3.05) is 0 Å². The molecular weight excluding hydrogens is 216 g/mol. The molecule has 0 amide bonds. The minimum absolute atomic E-state index is 0.0441. The average Bonchev–Trinajstić information content (AvgIpc) is 3.01. The van der Waals surface area contributed by atoms with Crippen LogP contribution in [0.5, 0.6) is 0 Å². The second kappa shape index (κ2) is 4.50. The lowest BCUT2D eigenvalue weighted by molar-refractivity contribution is 0.0680. The molecule has 2 heteroatoms. The Morgan fingerprint density at radius 3 is 2.94 bits per heavy atom. The van der Waals surface area contributed by atoms with E-state index in [9.17, 15) is 5.11 Å². The molecule has 2 aliphatic rings. The summed E-state index contributed by atoms with van der Waals surface area (Å²) in [6, 6.07) is 4.28. The molecule has 1 N–H and O–H groups in total. The number of fused-ring (bicyclic) bond motifs is 2. The van der Waals surface area contributed by atoms with E-state index in [0.29, 0.717) is 5.92 Å². The van der Waals surface area contributed by atoms with E-state index in [4.69, 9.17) is 0 Å². The molecule has 2 saturated carbocycles. The van der Waals surface area contributed by atoms with E-state index in [1.165, 1.54) is 30.6 Å². The molecular formula is C14H20OS. The Morgan fingerprint density at radius 2 is 2.31 bits per heavy atom. The molecule has 0 radical (unpaired) electrons. The molecule has 88 valence electrons. The van der Waals surface area contributed by atoms with Gasteiger partial charge >= 0.3 is 0 Å². The summed E-state index contributed by atoms with van der Waals surface area (Å²) in [5.41, 5.74) is 0. The zero-order valence-electron chi connectivity index (χ0n) is 9.64. The maximum atomic E-state index is 10.3. The molecule has 1 aromatic rings. The van der Waals surface area contributed by atoms with Crippen LogP contribution < -0.4 is 0 Å². The molecule has 0 aromatic carbocycles. The first-order chi connectivity index (χ1) is 7.83. The van der Waals surface area contributed by atoms with Crippen molar-refractivity contribution in [2.45, 2.75) is 44.6 Å². The van der Waals surface area contributed by atoms with E-state index < -0.39 is 0 Å². The van der Waals surface area contributed by atoms with Crippen molar-refractivity contribution >= 4 is 11.3 Å². The maximum absolute atomic E-state index is 10.3. The summed E-state index contributed by atoms with van der Waals surface area (Å²) in [5.74, 6) is 2.42. The lowest BCUT2D eigenvalue weighted by Gasteiger charge is -2.26. The lowest BCUT2D eigenvalue weighted by atomic mass is 9.83. The van der Waals surface area contributed by atoms with Gasteiger partial charge in [-0.1, -0.05) is 12.5 Å². The van der Waals surface area contributed by atoms with E-state index in [0.717, 1.165) is 24.7 Å². The summed E-state index contributed by atoms with van der Waals surface area (Å²) in [7, 11) is 0. The Bertz CT molecular complexity index is 333. The summed E-state index contributed by atoms with van der Waals surface area (Å²) in [4.78, 5) is 1.42. The predicted octanol–water partition coefficient (Wildman–Crippen LogP) is 3.48. The molecule has 2 aliphatic carbocycles. The SMILES string of the molecule is OC(CCc1cccs1)C1CC2CCC1C2. The van der Waals surface area contributed by atoms with Gasteiger partial charge in [0.2, 0.25) is 0 Å². The smallest absolute Gasteiger partial charge is 0.0574 e. The van der Waals surface area contributed by atoms with Crippen LogP contribution >= 0.6 is 11.3 Å². The minimum atomic E-state index is -0.0441. The van der Waals surface area contributed by atoms with Gasteiger partial charge in [-0.15, -0.1) is 11.3 Å². The van der Waals surface area contributed by atoms with Gasteiger partial charge in [0.1, 0.15) is 0 Å². The number of thiophene rings is 1. The van der Waals surface area contributed by atoms with Gasteiger partial charge in [0.15, 0.2) is 0 Å². The number of aliphatic hydroxyl groups excluding tert-OH is 1. The van der Waals surface area contributed by atoms with Gasteiger partial charge in [0, 0.05) is 4.88 Å². The molecule has 3 rings (SSSR count). The molecule has 1 aromatic heterocycles. The summed E-state index contributed by atoms with van der Waals surface area (Å²) in [6.07, 6.45) is 7.50. The Morgan fingerprint density at radius 1 is 1.38 bits per heavy atom. The van der Waals surface area contributed by atoms with Crippen molar-refractivity contribution in [3.05, 3.63) is 22.4 Å². The first-order valence-corrected chi connectivity index (χ1v) is 7.41. The largest absolute Gasteiger partial charge is 0.393 e. The van der Waals surface area contributed by atoms with Crippen molar-refractivity contribution in [3.63, 3.8) is 0 Å². The fraction of sp³-hybridized carbons (Fsp3) is 0.714. The molecule has 4 atom stereocenters. The number of hydrogen-bond acceptors (Lipinski definition) is 2. The molecule has 2 bridgehead atoms. The highest BCUT2D eigenvalue weighted by Gasteiger charge is 2.42. The van der Waals surface area contributed by atoms with E-state index in [2.05, 4.69) is 17.5 Å². The first-order valence-electron chi connectivity index (χ1n) is 6.53. The molecule has 2 fully saturated rings. The van der Waals surface area contributed by atoms with Gasteiger partial charge in [-0.05, 0) is 61.3 Å². The summed E-state index contributed by atoms with van der Waals surface area (Å²) >= 11 is 1.81. The van der Waals surface area contributed by atoms with Crippen LogP contribution in [0.4, 0.5) is 0 Å². The Hall–Kier alpha value is -0.340. The van der Waals surface area contributed by atoms with Crippen LogP contribution in [0.3, 0.4) is 0 Å². The highest BCUT2D eigenvalue weighted by molar-refractivity contribution is 7.09. The Balaban J connectivity index is 1.52. The third-order valence-corrected chi connectivity index (χ3v) is 5.49. The molecule has 16 heavy (non-hydrogen) atoms. The molecule has 0 aliphatic heterocycles. The Kier molecular flexibility index (Phi) is 3.03. The van der Waals surface area contributed by atoms with Crippen LogP contribution in [0.25, 0.3) is 0 Å². The van der Waals surface area contributed by atoms with Crippen molar-refractivity contribution in [1.29, 1.82) is 0 Å². The van der Waals surface area contributed by atoms with Gasteiger partial charge in [-0.25, -0.2) is 0 Å². The lowest BCUT2D eigenvalue weighted by Crippen LogP contribution is -2.26. The second-order valence-corrected chi connectivity index (χ2v) is 6.56. The number of aryl methyl sites for hydroxylation is 1. The normalized spacial score (nSPS) is 34.4. The highest BCUT2D eigenvalue weighted by atomic mass is 32.1. The van der Waals surface area contributed by atoms with Crippen LogP contribution in [-0.2, 0) is 6.42 Å². The van der Waals surface area contributed by atoms with Gasteiger partial charge in [0.05, 0.1) is 6.10 Å². The Labute approximate surface area is 102 Å². The minimum Gasteiger partial charge on any atom is -0.393 e. The van der Waals surface area contributed by atoms with Gasteiger partial charge in [0.25, 0.3) is 0 Å². The number of aliphatic hydroxyl groups is 1. The van der Waals surface area contributed by atoms with Crippen LogP contribution in [-0.4, -0.2) is 11.2 Å². The van der Waals surface area contributed by atoms with Gasteiger partial charge in [-0.3, -0.25) is 0 Å². The third kappa shape index (κ3) is 2.05. The van der Waals surface area contributed by atoms with Crippen LogP contribution in [0.2, 0.25) is 0 Å².